The lowest BCUT2D eigenvalue weighted by Gasteiger charge is -2.12. The van der Waals surface area contributed by atoms with E-state index in [2.05, 4.69) is 15.4 Å². The van der Waals surface area contributed by atoms with Crippen molar-refractivity contribution in [1.82, 2.24) is 19.3 Å². The predicted molar refractivity (Wildman–Crippen MR) is 103 cm³/mol. The summed E-state index contributed by atoms with van der Waals surface area (Å²) in [5.74, 6) is 0.0351. The number of benzene rings is 1. The van der Waals surface area contributed by atoms with E-state index in [1.807, 2.05) is 31.5 Å². The van der Waals surface area contributed by atoms with Crippen molar-refractivity contribution in [2.75, 3.05) is 16.8 Å². The number of fused-ring (bicyclic) bond motifs is 1. The third-order valence-electron chi connectivity index (χ3n) is 5.11. The zero-order chi connectivity index (χ0) is 19.3. The van der Waals surface area contributed by atoms with Crippen LogP contribution in [0.15, 0.2) is 24.5 Å². The predicted octanol–water partition coefficient (Wildman–Crippen LogP) is 2.00. The number of carbonyl (C=O) groups is 1. The van der Waals surface area contributed by atoms with Crippen LogP contribution in [-0.2, 0) is 16.9 Å². The quantitative estimate of drug-likeness (QED) is 0.741. The van der Waals surface area contributed by atoms with Crippen LogP contribution in [0.2, 0.25) is 0 Å². The van der Waals surface area contributed by atoms with Gasteiger partial charge in [-0.3, -0.25) is 9.48 Å². The van der Waals surface area contributed by atoms with Crippen LogP contribution in [0.1, 0.15) is 34.2 Å². The van der Waals surface area contributed by atoms with Gasteiger partial charge in [0.05, 0.1) is 52.0 Å². The molecule has 1 aromatic carbocycles. The minimum atomic E-state index is -3.01. The lowest BCUT2D eigenvalue weighted by Crippen LogP contribution is -2.15. The SMILES string of the molecule is Cc1nn(C2CCS(=O)(=O)C2)c(C)c1NC(=O)c1ccc2c(c1)ncn2C. The summed E-state index contributed by atoms with van der Waals surface area (Å²) in [5.41, 5.74) is 4.28. The number of sulfone groups is 1. The van der Waals surface area contributed by atoms with E-state index in [9.17, 15) is 13.2 Å². The number of hydrogen-bond donors (Lipinski definition) is 1. The number of anilines is 1. The largest absolute Gasteiger partial charge is 0.334 e. The van der Waals surface area contributed by atoms with Crippen LogP contribution < -0.4 is 5.32 Å². The van der Waals surface area contributed by atoms with Crippen LogP contribution >= 0.6 is 0 Å². The number of aryl methyl sites for hydroxylation is 2. The highest BCUT2D eigenvalue weighted by Crippen LogP contribution is 2.29. The van der Waals surface area contributed by atoms with E-state index in [1.54, 1.807) is 23.1 Å². The van der Waals surface area contributed by atoms with Crippen molar-refractivity contribution in [2.45, 2.75) is 26.3 Å². The molecular formula is C18H21N5O3S. The molecule has 27 heavy (non-hydrogen) atoms. The monoisotopic (exact) mass is 387 g/mol. The van der Waals surface area contributed by atoms with Crippen molar-refractivity contribution < 1.29 is 13.2 Å². The second-order valence-electron chi connectivity index (χ2n) is 7.06. The van der Waals surface area contributed by atoms with E-state index in [-0.39, 0.29) is 23.5 Å². The summed E-state index contributed by atoms with van der Waals surface area (Å²) in [7, 11) is -1.10. The Kier molecular flexibility index (Phi) is 4.06. The van der Waals surface area contributed by atoms with Crippen LogP contribution in [0.5, 0.6) is 0 Å². The molecule has 1 aliphatic rings. The molecular weight excluding hydrogens is 366 g/mol. The number of nitrogens with one attached hydrogen (secondary N) is 1. The molecule has 0 spiro atoms. The summed E-state index contributed by atoms with van der Waals surface area (Å²) in [6, 6.07) is 5.20. The molecule has 1 saturated heterocycles. The molecule has 2 aromatic heterocycles. The van der Waals surface area contributed by atoms with E-state index in [0.29, 0.717) is 23.4 Å². The van der Waals surface area contributed by atoms with E-state index in [4.69, 9.17) is 0 Å². The van der Waals surface area contributed by atoms with Crippen molar-refractivity contribution in [3.05, 3.63) is 41.5 Å². The lowest BCUT2D eigenvalue weighted by molar-refractivity contribution is 0.102. The van der Waals surface area contributed by atoms with Crippen LogP contribution in [0.4, 0.5) is 5.69 Å². The van der Waals surface area contributed by atoms with Gasteiger partial charge in [0.1, 0.15) is 0 Å². The first-order valence-electron chi connectivity index (χ1n) is 8.74. The highest BCUT2D eigenvalue weighted by molar-refractivity contribution is 7.91. The zero-order valence-electron chi connectivity index (χ0n) is 15.4. The standard InChI is InChI=1S/C18H21N5O3S/c1-11-17(12(2)23(21-11)14-6-7-27(25,26)9-14)20-18(24)13-4-5-16-15(8-13)19-10-22(16)3/h4-5,8,10,14H,6-7,9H2,1-3H3,(H,20,24). The first-order valence-corrected chi connectivity index (χ1v) is 10.6. The number of nitrogens with zero attached hydrogens (tertiary/aromatic N) is 4. The molecule has 142 valence electrons. The van der Waals surface area contributed by atoms with Gasteiger partial charge in [-0.25, -0.2) is 13.4 Å². The number of rotatable bonds is 3. The Hall–Kier alpha value is -2.68. The van der Waals surface area contributed by atoms with Gasteiger partial charge in [-0.2, -0.15) is 5.10 Å². The average Bonchev–Trinajstić information content (AvgIpc) is 3.26. The normalized spacial score (nSPS) is 18.9. The number of carbonyl (C=O) groups excluding carboxylic acids is 1. The maximum Gasteiger partial charge on any atom is 0.255 e. The summed E-state index contributed by atoms with van der Waals surface area (Å²) in [6.07, 6.45) is 2.26. The van der Waals surface area contributed by atoms with Gasteiger partial charge in [0, 0.05) is 12.6 Å². The molecule has 1 fully saturated rings. The fourth-order valence-corrected chi connectivity index (χ4v) is 5.32. The molecule has 1 N–H and O–H groups in total. The maximum absolute atomic E-state index is 12.7. The van der Waals surface area contributed by atoms with Crippen molar-refractivity contribution in [3.8, 4) is 0 Å². The number of amides is 1. The molecule has 8 nitrogen and oxygen atoms in total. The summed E-state index contributed by atoms with van der Waals surface area (Å²) in [4.78, 5) is 17.0. The number of imidazole rings is 1. The molecule has 3 heterocycles. The van der Waals surface area contributed by atoms with Crippen LogP contribution in [0.25, 0.3) is 11.0 Å². The molecule has 9 heteroatoms. The second kappa shape index (κ2) is 6.19. The first kappa shape index (κ1) is 17.7. The van der Waals surface area contributed by atoms with Gasteiger partial charge >= 0.3 is 0 Å². The molecule has 4 rings (SSSR count). The molecule has 1 aliphatic heterocycles. The molecule has 0 bridgehead atoms. The Labute approximate surface area is 157 Å². The minimum Gasteiger partial charge on any atom is -0.334 e. The minimum absolute atomic E-state index is 0.0959. The summed E-state index contributed by atoms with van der Waals surface area (Å²) in [5, 5.41) is 7.40. The Balaban J connectivity index is 1.61. The first-order chi connectivity index (χ1) is 12.7. The molecule has 1 amide bonds. The Morgan fingerprint density at radius 1 is 1.30 bits per heavy atom. The van der Waals surface area contributed by atoms with Crippen LogP contribution in [0.3, 0.4) is 0 Å². The molecule has 1 atom stereocenters. The van der Waals surface area contributed by atoms with E-state index in [1.165, 1.54) is 0 Å². The highest BCUT2D eigenvalue weighted by atomic mass is 32.2. The Morgan fingerprint density at radius 3 is 2.78 bits per heavy atom. The smallest absolute Gasteiger partial charge is 0.255 e. The second-order valence-corrected chi connectivity index (χ2v) is 9.29. The van der Waals surface area contributed by atoms with Crippen molar-refractivity contribution in [3.63, 3.8) is 0 Å². The molecule has 3 aromatic rings. The lowest BCUT2D eigenvalue weighted by atomic mass is 10.1. The van der Waals surface area contributed by atoms with E-state index >= 15 is 0 Å². The molecule has 0 radical (unpaired) electrons. The number of hydrogen-bond acceptors (Lipinski definition) is 5. The zero-order valence-corrected chi connectivity index (χ0v) is 16.2. The third kappa shape index (κ3) is 3.12. The summed E-state index contributed by atoms with van der Waals surface area (Å²) < 4.78 is 27.2. The highest BCUT2D eigenvalue weighted by Gasteiger charge is 2.31. The summed E-state index contributed by atoms with van der Waals surface area (Å²) >= 11 is 0. The van der Waals surface area contributed by atoms with Crippen LogP contribution in [0, 0.1) is 13.8 Å². The third-order valence-corrected chi connectivity index (χ3v) is 6.86. The fraction of sp³-hybridized carbons (Fsp3) is 0.389. The molecule has 0 aliphatic carbocycles. The van der Waals surface area contributed by atoms with Crippen molar-refractivity contribution >= 4 is 32.5 Å². The van der Waals surface area contributed by atoms with E-state index < -0.39 is 9.84 Å². The number of aromatic nitrogens is 4. The molecule has 1 unspecified atom stereocenters. The Bertz CT molecular complexity index is 1160. The summed E-state index contributed by atoms with van der Waals surface area (Å²) in [6.45, 7) is 3.66. The van der Waals surface area contributed by atoms with E-state index in [0.717, 1.165) is 16.7 Å². The van der Waals surface area contributed by atoms with Gasteiger partial charge < -0.3 is 9.88 Å². The molecule has 0 saturated carbocycles. The van der Waals surface area contributed by atoms with Gasteiger partial charge in [-0.1, -0.05) is 0 Å². The van der Waals surface area contributed by atoms with Gasteiger partial charge in [0.25, 0.3) is 5.91 Å². The maximum atomic E-state index is 12.7. The Morgan fingerprint density at radius 2 is 2.07 bits per heavy atom. The average molecular weight is 387 g/mol. The topological polar surface area (TPSA) is 98.9 Å². The van der Waals surface area contributed by atoms with Crippen LogP contribution in [-0.4, -0.2) is 45.2 Å². The van der Waals surface area contributed by atoms with Crippen molar-refractivity contribution in [1.29, 1.82) is 0 Å². The van der Waals surface area contributed by atoms with Crippen molar-refractivity contribution in [2.24, 2.45) is 7.05 Å². The van der Waals surface area contributed by atoms with Gasteiger partial charge in [0.15, 0.2) is 9.84 Å². The van der Waals surface area contributed by atoms with Gasteiger partial charge in [-0.05, 0) is 38.5 Å². The van der Waals surface area contributed by atoms with Gasteiger partial charge in [0.2, 0.25) is 0 Å². The fourth-order valence-electron chi connectivity index (χ4n) is 3.63. The van der Waals surface area contributed by atoms with Gasteiger partial charge in [-0.15, -0.1) is 0 Å².